The molecule has 3 nitrogen and oxygen atoms in total. The Morgan fingerprint density at radius 1 is 0.923 bits per heavy atom. The molecule has 0 amide bonds. The van der Waals surface area contributed by atoms with Crippen LogP contribution >= 0.6 is 28.3 Å². The van der Waals surface area contributed by atoms with Gasteiger partial charge in [-0.15, -0.1) is 28.3 Å². The number of benzene rings is 1. The van der Waals surface area contributed by atoms with Gasteiger partial charge in [0.25, 0.3) is 0 Å². The third-order valence-electron chi connectivity index (χ3n) is 6.43. The maximum Gasteiger partial charge on any atom is 0.157 e. The molecule has 0 saturated heterocycles. The molecule has 1 fully saturated rings. The Kier molecular flexibility index (Phi) is 5.06. The van der Waals surface area contributed by atoms with Gasteiger partial charge in [0.2, 0.25) is 0 Å². The number of nitrogens with one attached hydrogen (secondary N) is 1. The van der Waals surface area contributed by atoms with Gasteiger partial charge in [-0.05, 0) is 66.5 Å². The van der Waals surface area contributed by atoms with Crippen LogP contribution in [0.5, 0.6) is 11.5 Å². The summed E-state index contributed by atoms with van der Waals surface area (Å²) >= 11 is 2.01. The largest absolute Gasteiger partial charge is 0.504 e. The summed E-state index contributed by atoms with van der Waals surface area (Å²) in [4.78, 5) is 3.05. The lowest BCUT2D eigenvalue weighted by Crippen LogP contribution is -2.41. The van der Waals surface area contributed by atoms with Gasteiger partial charge in [-0.3, -0.25) is 0 Å². The minimum atomic E-state index is 0. The first-order chi connectivity index (χ1) is 12.2. The summed E-state index contributed by atoms with van der Waals surface area (Å²) in [5, 5.41) is 23.7. The molecule has 2 aromatic rings. The fraction of sp³-hybridized carbons (Fsp3) is 0.524. The second-order valence-electron chi connectivity index (χ2n) is 7.91. The van der Waals surface area contributed by atoms with Gasteiger partial charge in [0.05, 0.1) is 0 Å². The van der Waals surface area contributed by atoms with Crippen LogP contribution in [0.15, 0.2) is 18.2 Å². The number of thiophene rings is 1. The summed E-state index contributed by atoms with van der Waals surface area (Å²) in [6.07, 6.45) is 8.87. The maximum absolute atomic E-state index is 10.1. The maximum atomic E-state index is 10.1. The fourth-order valence-corrected chi connectivity index (χ4v) is 6.45. The van der Waals surface area contributed by atoms with Crippen molar-refractivity contribution in [2.75, 3.05) is 0 Å². The van der Waals surface area contributed by atoms with E-state index in [9.17, 15) is 10.2 Å². The van der Waals surface area contributed by atoms with Crippen molar-refractivity contribution >= 4 is 28.3 Å². The van der Waals surface area contributed by atoms with Crippen molar-refractivity contribution in [2.45, 2.75) is 69.4 Å². The molecule has 2 aliphatic carbocycles. The molecule has 26 heavy (non-hydrogen) atoms. The molecule has 1 saturated carbocycles. The Hall–Kier alpha value is -1.04. The third-order valence-corrected chi connectivity index (χ3v) is 7.74. The van der Waals surface area contributed by atoms with E-state index in [0.717, 1.165) is 25.3 Å². The number of fused-ring (bicyclic) bond motifs is 5. The number of phenols is 2. The summed E-state index contributed by atoms with van der Waals surface area (Å²) in [6.45, 7) is 0.979. The van der Waals surface area contributed by atoms with Gasteiger partial charge in [0, 0.05) is 28.3 Å². The quantitative estimate of drug-likeness (QED) is 0.530. The Morgan fingerprint density at radius 2 is 1.69 bits per heavy atom. The SMILES string of the molecule is Br.Oc1cc2c(cc1O)[C@H]1c3cc(C4CCCCC4)sc3CN[C@@H]1CC2. The smallest absolute Gasteiger partial charge is 0.157 e. The highest BCUT2D eigenvalue weighted by Crippen LogP contribution is 2.48. The van der Waals surface area contributed by atoms with E-state index >= 15 is 0 Å². The number of aromatic hydroxyl groups is 2. The van der Waals surface area contributed by atoms with Crippen LogP contribution in [0.2, 0.25) is 0 Å². The molecule has 5 heteroatoms. The van der Waals surface area contributed by atoms with E-state index < -0.39 is 0 Å². The van der Waals surface area contributed by atoms with Crippen LogP contribution in [-0.2, 0) is 13.0 Å². The van der Waals surface area contributed by atoms with Crippen molar-refractivity contribution < 1.29 is 10.2 Å². The summed E-state index contributed by atoms with van der Waals surface area (Å²) in [5.74, 6) is 1.08. The van der Waals surface area contributed by atoms with Gasteiger partial charge in [-0.1, -0.05) is 19.3 Å². The van der Waals surface area contributed by atoms with E-state index in [0.29, 0.717) is 12.0 Å². The highest BCUT2D eigenvalue weighted by atomic mass is 79.9. The number of hydrogen-bond acceptors (Lipinski definition) is 4. The van der Waals surface area contributed by atoms with Gasteiger partial charge in [0.1, 0.15) is 0 Å². The number of phenolic OH excluding ortho intramolecular Hbond substituents is 2. The topological polar surface area (TPSA) is 52.5 Å². The molecule has 0 unspecified atom stereocenters. The third kappa shape index (κ3) is 2.98. The second-order valence-corrected chi connectivity index (χ2v) is 9.07. The van der Waals surface area contributed by atoms with Gasteiger partial charge >= 0.3 is 0 Å². The number of aryl methyl sites for hydroxylation is 1. The molecule has 140 valence electrons. The van der Waals surface area contributed by atoms with E-state index in [-0.39, 0.29) is 28.5 Å². The van der Waals surface area contributed by atoms with Crippen molar-refractivity contribution in [3.8, 4) is 11.5 Å². The van der Waals surface area contributed by atoms with Crippen LogP contribution in [0.3, 0.4) is 0 Å². The summed E-state index contributed by atoms with van der Waals surface area (Å²) in [5.41, 5.74) is 3.87. The Morgan fingerprint density at radius 3 is 2.50 bits per heavy atom. The minimum Gasteiger partial charge on any atom is -0.504 e. The van der Waals surface area contributed by atoms with Crippen molar-refractivity contribution in [3.63, 3.8) is 0 Å². The van der Waals surface area contributed by atoms with E-state index in [1.807, 2.05) is 11.3 Å². The fourth-order valence-electron chi connectivity index (χ4n) is 5.12. The summed E-state index contributed by atoms with van der Waals surface area (Å²) < 4.78 is 0. The molecule has 5 rings (SSSR count). The van der Waals surface area contributed by atoms with E-state index in [4.69, 9.17) is 0 Å². The Balaban J connectivity index is 0.00000168. The van der Waals surface area contributed by atoms with Crippen LogP contribution in [0.4, 0.5) is 0 Å². The lowest BCUT2D eigenvalue weighted by atomic mass is 9.73. The van der Waals surface area contributed by atoms with Gasteiger partial charge in [-0.2, -0.15) is 0 Å². The van der Waals surface area contributed by atoms with Crippen molar-refractivity contribution in [2.24, 2.45) is 0 Å². The van der Waals surface area contributed by atoms with Crippen molar-refractivity contribution in [3.05, 3.63) is 44.6 Å². The lowest BCUT2D eigenvalue weighted by Gasteiger charge is -2.38. The second kappa shape index (κ2) is 7.17. The normalized spacial score (nSPS) is 24.9. The van der Waals surface area contributed by atoms with Crippen LogP contribution < -0.4 is 5.32 Å². The van der Waals surface area contributed by atoms with Crippen LogP contribution in [0, 0.1) is 0 Å². The molecule has 0 bridgehead atoms. The average molecular weight is 436 g/mol. The first kappa shape index (κ1) is 18.3. The zero-order chi connectivity index (χ0) is 17.0. The average Bonchev–Trinajstić information content (AvgIpc) is 3.07. The Bertz CT molecular complexity index is 813. The van der Waals surface area contributed by atoms with Crippen LogP contribution in [0.25, 0.3) is 0 Å². The van der Waals surface area contributed by atoms with E-state index in [2.05, 4.69) is 11.4 Å². The van der Waals surface area contributed by atoms with Gasteiger partial charge < -0.3 is 15.5 Å². The molecule has 1 aromatic heterocycles. The molecule has 3 aliphatic rings. The zero-order valence-corrected chi connectivity index (χ0v) is 17.4. The molecular weight excluding hydrogens is 410 g/mol. The molecule has 1 aromatic carbocycles. The molecule has 2 heterocycles. The number of hydrogen-bond donors (Lipinski definition) is 3. The first-order valence-corrected chi connectivity index (χ1v) is 10.4. The standard InChI is InChI=1S/C21H25NO2S.BrH/c23-17-8-13-6-7-16-21(14(13)9-18(17)24)15-10-19(25-20(15)11-22-16)12-4-2-1-3-5-12;/h8-10,12,16,21-24H,1-7,11H2;1H/t16-,21+;/m1./s1. The highest BCUT2D eigenvalue weighted by Gasteiger charge is 2.37. The van der Waals surface area contributed by atoms with E-state index in [1.165, 1.54) is 53.7 Å². The molecule has 3 N–H and O–H groups in total. The van der Waals surface area contributed by atoms with Crippen molar-refractivity contribution in [1.29, 1.82) is 0 Å². The predicted octanol–water partition coefficient (Wildman–Crippen LogP) is 5.33. The molecule has 0 spiro atoms. The summed E-state index contributed by atoms with van der Waals surface area (Å²) in [7, 11) is 0. The van der Waals surface area contributed by atoms with E-state index in [1.54, 1.807) is 17.0 Å². The zero-order valence-electron chi connectivity index (χ0n) is 14.8. The summed E-state index contributed by atoms with van der Waals surface area (Å²) in [6, 6.07) is 6.49. The lowest BCUT2D eigenvalue weighted by molar-refractivity contribution is 0.382. The number of halogens is 1. The van der Waals surface area contributed by atoms with Gasteiger partial charge in [0.15, 0.2) is 11.5 Å². The Labute approximate surface area is 169 Å². The van der Waals surface area contributed by atoms with Crippen LogP contribution in [0.1, 0.15) is 76.8 Å². The molecule has 0 radical (unpaired) electrons. The first-order valence-electron chi connectivity index (χ1n) is 9.61. The molecule has 2 atom stereocenters. The molecular formula is C21H26BrNO2S. The predicted molar refractivity (Wildman–Crippen MR) is 111 cm³/mol. The number of rotatable bonds is 1. The monoisotopic (exact) mass is 435 g/mol. The van der Waals surface area contributed by atoms with Gasteiger partial charge in [-0.25, -0.2) is 0 Å². The molecule has 1 aliphatic heterocycles. The minimum absolute atomic E-state index is 0. The highest BCUT2D eigenvalue weighted by molar-refractivity contribution is 8.93. The van der Waals surface area contributed by atoms with Crippen molar-refractivity contribution in [1.82, 2.24) is 5.32 Å². The van der Waals surface area contributed by atoms with Crippen LogP contribution in [-0.4, -0.2) is 16.3 Å².